The fourth-order valence-corrected chi connectivity index (χ4v) is 5.66. The summed E-state index contributed by atoms with van der Waals surface area (Å²) < 4.78 is 5.73. The fourth-order valence-electron chi connectivity index (χ4n) is 5.66. The molecule has 4 atom stereocenters. The standard InChI is InChI=1S/C32H39NO4/c1-5-23-12-14-24(15-13-23)22(4)27-19-28(27)25-16-17-29(21(3)20(25)2)33-32(36)26-9-6-7-10-30(26)37-18-8-11-31(34)35/h6-7,9-10,12-15,17,22,25,27-28H,5,8,11,16,18-19H2,1-4H3,(H,33,36)(H,34,35). The molecule has 2 aliphatic rings. The van der Waals surface area contributed by atoms with Crippen molar-refractivity contribution in [1.82, 2.24) is 5.32 Å². The van der Waals surface area contributed by atoms with Gasteiger partial charge in [-0.05, 0) is 92.0 Å². The van der Waals surface area contributed by atoms with Crippen LogP contribution in [0, 0.1) is 17.8 Å². The molecule has 4 unspecified atom stereocenters. The van der Waals surface area contributed by atoms with Crippen LogP contribution in [-0.4, -0.2) is 23.6 Å². The highest BCUT2D eigenvalue weighted by molar-refractivity contribution is 5.98. The molecule has 196 valence electrons. The number of amides is 1. The normalized spacial score (nSPS) is 21.7. The number of aliphatic carboxylic acids is 1. The van der Waals surface area contributed by atoms with Crippen molar-refractivity contribution in [3.05, 3.63) is 88.1 Å². The monoisotopic (exact) mass is 501 g/mol. The van der Waals surface area contributed by atoms with E-state index in [0.717, 1.165) is 24.1 Å². The van der Waals surface area contributed by atoms with Crippen LogP contribution >= 0.6 is 0 Å². The van der Waals surface area contributed by atoms with Crippen molar-refractivity contribution < 1.29 is 19.4 Å². The van der Waals surface area contributed by atoms with Gasteiger partial charge < -0.3 is 15.2 Å². The third kappa shape index (κ3) is 6.33. The van der Waals surface area contributed by atoms with E-state index < -0.39 is 5.97 Å². The highest BCUT2D eigenvalue weighted by Crippen LogP contribution is 2.56. The van der Waals surface area contributed by atoms with Crippen LogP contribution in [-0.2, 0) is 11.2 Å². The van der Waals surface area contributed by atoms with Gasteiger partial charge in [0.2, 0.25) is 0 Å². The molecule has 5 heteroatoms. The molecule has 2 aromatic rings. The Balaban J connectivity index is 1.37. The lowest BCUT2D eigenvalue weighted by Gasteiger charge is -2.27. The maximum atomic E-state index is 13.1. The number of hydrogen-bond donors (Lipinski definition) is 2. The van der Waals surface area contributed by atoms with Crippen LogP contribution in [0.2, 0.25) is 0 Å². The van der Waals surface area contributed by atoms with Crippen LogP contribution in [0.25, 0.3) is 0 Å². The lowest BCUT2D eigenvalue weighted by molar-refractivity contribution is -0.137. The smallest absolute Gasteiger partial charge is 0.303 e. The summed E-state index contributed by atoms with van der Waals surface area (Å²) in [6, 6.07) is 16.2. The van der Waals surface area contributed by atoms with Gasteiger partial charge in [-0.25, -0.2) is 0 Å². The molecule has 0 aromatic heterocycles. The first kappa shape index (κ1) is 26.7. The van der Waals surface area contributed by atoms with E-state index >= 15 is 0 Å². The molecular weight excluding hydrogens is 462 g/mol. The first-order valence-electron chi connectivity index (χ1n) is 13.5. The van der Waals surface area contributed by atoms with E-state index in [4.69, 9.17) is 9.84 Å². The van der Waals surface area contributed by atoms with Gasteiger partial charge in [0.25, 0.3) is 5.91 Å². The maximum Gasteiger partial charge on any atom is 0.303 e. The number of carbonyl (C=O) groups is 2. The third-order valence-electron chi connectivity index (χ3n) is 8.26. The lowest BCUT2D eigenvalue weighted by atomic mass is 9.81. The van der Waals surface area contributed by atoms with Crippen LogP contribution in [0.1, 0.15) is 80.8 Å². The van der Waals surface area contributed by atoms with Crippen LogP contribution in [0.4, 0.5) is 0 Å². The minimum Gasteiger partial charge on any atom is -0.493 e. The number of allylic oxidation sites excluding steroid dienone is 3. The Morgan fingerprint density at radius 2 is 1.84 bits per heavy atom. The number of benzene rings is 2. The van der Waals surface area contributed by atoms with Crippen LogP contribution in [0.5, 0.6) is 5.75 Å². The van der Waals surface area contributed by atoms with Gasteiger partial charge in [-0.1, -0.05) is 61.9 Å². The van der Waals surface area contributed by atoms with E-state index in [1.807, 2.05) is 12.1 Å². The number of hydrogen-bond acceptors (Lipinski definition) is 3. The Morgan fingerprint density at radius 1 is 1.11 bits per heavy atom. The zero-order valence-electron chi connectivity index (χ0n) is 22.4. The van der Waals surface area contributed by atoms with Crippen LogP contribution < -0.4 is 10.1 Å². The topological polar surface area (TPSA) is 75.6 Å². The van der Waals surface area contributed by atoms with Crippen molar-refractivity contribution in [2.24, 2.45) is 17.8 Å². The van der Waals surface area contributed by atoms with Crippen LogP contribution in [0.15, 0.2) is 71.5 Å². The maximum absolute atomic E-state index is 13.1. The van der Waals surface area contributed by atoms with Crippen molar-refractivity contribution in [2.45, 2.75) is 65.7 Å². The number of carboxylic acid groups (broad SMARTS) is 1. The van der Waals surface area contributed by atoms with Gasteiger partial charge in [0.1, 0.15) is 5.75 Å². The molecule has 4 rings (SSSR count). The molecule has 2 aliphatic carbocycles. The molecule has 1 fully saturated rings. The minimum absolute atomic E-state index is 0.0391. The second-order valence-corrected chi connectivity index (χ2v) is 10.5. The van der Waals surface area contributed by atoms with E-state index in [0.29, 0.717) is 41.4 Å². The number of para-hydroxylation sites is 1. The molecule has 0 aliphatic heterocycles. The Bertz CT molecular complexity index is 1190. The summed E-state index contributed by atoms with van der Waals surface area (Å²) in [5, 5.41) is 11.9. The SMILES string of the molecule is CCc1ccc(C(C)C2CC2C2CC=C(NC(=O)c3ccccc3OCCCC(=O)O)C(C)=C2C)cc1. The predicted octanol–water partition coefficient (Wildman–Crippen LogP) is 6.90. The molecule has 2 aromatic carbocycles. The van der Waals surface area contributed by atoms with Crippen molar-refractivity contribution in [2.75, 3.05) is 6.61 Å². The molecule has 0 bridgehead atoms. The number of rotatable bonds is 11. The summed E-state index contributed by atoms with van der Waals surface area (Å²) in [6.07, 6.45) is 5.88. The molecule has 0 heterocycles. The van der Waals surface area contributed by atoms with Crippen molar-refractivity contribution in [3.8, 4) is 5.75 Å². The summed E-state index contributed by atoms with van der Waals surface area (Å²) in [4.78, 5) is 23.9. The summed E-state index contributed by atoms with van der Waals surface area (Å²) in [5.74, 6) is 1.87. The van der Waals surface area contributed by atoms with Gasteiger partial charge in [-0.3, -0.25) is 9.59 Å². The highest BCUT2D eigenvalue weighted by atomic mass is 16.5. The van der Waals surface area contributed by atoms with Crippen LogP contribution in [0.3, 0.4) is 0 Å². The molecule has 1 amide bonds. The molecule has 2 N–H and O–H groups in total. The number of ether oxygens (including phenoxy) is 1. The van der Waals surface area contributed by atoms with Crippen molar-refractivity contribution in [1.29, 1.82) is 0 Å². The minimum atomic E-state index is -0.854. The van der Waals surface area contributed by atoms with E-state index in [2.05, 4.69) is 63.4 Å². The molecule has 0 radical (unpaired) electrons. The largest absolute Gasteiger partial charge is 0.493 e. The number of carboxylic acids is 1. The van der Waals surface area contributed by atoms with Crippen molar-refractivity contribution in [3.63, 3.8) is 0 Å². The third-order valence-corrected chi connectivity index (χ3v) is 8.26. The Morgan fingerprint density at radius 3 is 2.54 bits per heavy atom. The van der Waals surface area contributed by atoms with E-state index in [1.165, 1.54) is 23.1 Å². The first-order chi connectivity index (χ1) is 17.8. The van der Waals surface area contributed by atoms with Gasteiger partial charge >= 0.3 is 5.97 Å². The second kappa shape index (κ2) is 11.8. The Kier molecular flexibility index (Phi) is 8.52. The van der Waals surface area contributed by atoms with Gasteiger partial charge in [0.15, 0.2) is 0 Å². The molecular formula is C32H39NO4. The fraction of sp³-hybridized carbons (Fsp3) is 0.438. The van der Waals surface area contributed by atoms with Gasteiger partial charge in [-0.2, -0.15) is 0 Å². The predicted molar refractivity (Wildman–Crippen MR) is 147 cm³/mol. The lowest BCUT2D eigenvalue weighted by Crippen LogP contribution is -2.27. The summed E-state index contributed by atoms with van der Waals surface area (Å²) >= 11 is 0. The van der Waals surface area contributed by atoms with E-state index in [1.54, 1.807) is 12.1 Å². The number of nitrogens with one attached hydrogen (secondary N) is 1. The summed E-state index contributed by atoms with van der Waals surface area (Å²) in [6.45, 7) is 9.13. The molecule has 1 saturated carbocycles. The molecule has 37 heavy (non-hydrogen) atoms. The van der Waals surface area contributed by atoms with E-state index in [9.17, 15) is 9.59 Å². The Labute approximate surface area is 220 Å². The van der Waals surface area contributed by atoms with Crippen molar-refractivity contribution >= 4 is 11.9 Å². The average Bonchev–Trinajstić information content (AvgIpc) is 3.69. The summed E-state index contributed by atoms with van der Waals surface area (Å²) in [5.41, 5.74) is 6.67. The summed E-state index contributed by atoms with van der Waals surface area (Å²) in [7, 11) is 0. The van der Waals surface area contributed by atoms with Gasteiger partial charge in [0, 0.05) is 12.1 Å². The second-order valence-electron chi connectivity index (χ2n) is 10.5. The van der Waals surface area contributed by atoms with Gasteiger partial charge in [0.05, 0.1) is 12.2 Å². The molecule has 0 spiro atoms. The first-order valence-corrected chi connectivity index (χ1v) is 13.5. The highest BCUT2D eigenvalue weighted by Gasteiger charge is 2.47. The molecule has 0 saturated heterocycles. The average molecular weight is 502 g/mol. The quantitative estimate of drug-likeness (QED) is 0.328. The zero-order valence-corrected chi connectivity index (χ0v) is 22.4. The zero-order chi connectivity index (χ0) is 26.5. The number of carbonyl (C=O) groups excluding carboxylic acids is 1. The number of aryl methyl sites for hydroxylation is 1. The molecule has 5 nitrogen and oxygen atoms in total. The Hall–Kier alpha value is -3.34. The van der Waals surface area contributed by atoms with E-state index in [-0.39, 0.29) is 18.9 Å². The van der Waals surface area contributed by atoms with Gasteiger partial charge in [-0.15, -0.1) is 0 Å².